The van der Waals surface area contributed by atoms with Gasteiger partial charge >= 0.3 is 0 Å². The Kier molecular flexibility index (Phi) is 3.42. The number of benzene rings is 1. The Morgan fingerprint density at radius 3 is 2.72 bits per heavy atom. The topological polar surface area (TPSA) is 66.9 Å². The van der Waals surface area contributed by atoms with Gasteiger partial charge in [-0.15, -0.1) is 0 Å². The fourth-order valence-electron chi connectivity index (χ4n) is 1.20. The summed E-state index contributed by atoms with van der Waals surface area (Å²) in [5, 5.41) is 0. The maximum atomic E-state index is 13.2. The first-order valence-electron chi connectivity index (χ1n) is 4.94. The first-order valence-corrected chi connectivity index (χ1v) is 4.94. The summed E-state index contributed by atoms with van der Waals surface area (Å²) >= 11 is 0. The summed E-state index contributed by atoms with van der Waals surface area (Å²) < 4.78 is 25.9. The first kappa shape index (κ1) is 11.9. The number of aromatic nitrogens is 2. The minimum absolute atomic E-state index is 0.0476. The smallest absolute Gasteiger partial charge is 0.289 e. The van der Waals surface area contributed by atoms with Gasteiger partial charge in [0, 0.05) is 18.5 Å². The normalized spacial score (nSPS) is 9.89. The Hall–Kier alpha value is -2.57. The molecule has 2 rings (SSSR count). The maximum absolute atomic E-state index is 13.2. The molecule has 0 aliphatic carbocycles. The molecule has 1 aromatic heterocycles. The lowest BCUT2D eigenvalue weighted by molar-refractivity contribution is 0.0957. The summed E-state index contributed by atoms with van der Waals surface area (Å²) in [5.41, 5.74) is 4.58. The van der Waals surface area contributed by atoms with Crippen LogP contribution in [0.15, 0.2) is 36.8 Å². The van der Waals surface area contributed by atoms with E-state index in [1.807, 2.05) is 0 Å². The van der Waals surface area contributed by atoms with Gasteiger partial charge in [-0.25, -0.2) is 13.8 Å². The van der Waals surface area contributed by atoms with Crippen LogP contribution in [-0.2, 0) is 0 Å². The Bertz CT molecular complexity index is 562. The predicted molar refractivity (Wildman–Crippen MR) is 59.5 cm³/mol. The molecule has 2 N–H and O–H groups in total. The molecule has 0 bridgehead atoms. The number of anilines is 1. The minimum atomic E-state index is -0.811. The van der Waals surface area contributed by atoms with Gasteiger partial charge in [0.25, 0.3) is 5.91 Å². The number of hydrazine groups is 1. The Morgan fingerprint density at radius 1 is 1.22 bits per heavy atom. The van der Waals surface area contributed by atoms with Crippen molar-refractivity contribution >= 4 is 11.6 Å². The largest absolute Gasteiger partial charge is 0.295 e. The quantitative estimate of drug-likeness (QED) is 0.810. The van der Waals surface area contributed by atoms with Crippen molar-refractivity contribution in [1.82, 2.24) is 15.4 Å². The molecule has 7 heteroatoms. The summed E-state index contributed by atoms with van der Waals surface area (Å²) in [6.07, 6.45) is 4.04. The van der Waals surface area contributed by atoms with Gasteiger partial charge in [0.1, 0.15) is 11.5 Å². The number of nitrogens with one attached hydrogen (secondary N) is 2. The molecular weight excluding hydrogens is 242 g/mol. The van der Waals surface area contributed by atoms with Gasteiger partial charge in [-0.05, 0) is 12.1 Å². The van der Waals surface area contributed by atoms with Crippen LogP contribution in [0.25, 0.3) is 0 Å². The molecule has 0 aliphatic heterocycles. The van der Waals surface area contributed by atoms with Gasteiger partial charge < -0.3 is 0 Å². The third kappa shape index (κ3) is 2.76. The number of carbonyl (C=O) groups excluding carboxylic acids is 1. The molecule has 0 spiro atoms. The second-order valence-corrected chi connectivity index (χ2v) is 3.29. The number of rotatable bonds is 3. The Morgan fingerprint density at radius 2 is 2.06 bits per heavy atom. The van der Waals surface area contributed by atoms with E-state index in [0.29, 0.717) is 6.07 Å². The van der Waals surface area contributed by atoms with Crippen LogP contribution in [0.5, 0.6) is 0 Å². The van der Waals surface area contributed by atoms with Crippen LogP contribution in [-0.4, -0.2) is 15.9 Å². The highest BCUT2D eigenvalue weighted by atomic mass is 19.1. The SMILES string of the molecule is O=C(NNc1ccc(F)cc1F)c1cnccn1. The van der Waals surface area contributed by atoms with Crippen LogP contribution in [0.1, 0.15) is 10.5 Å². The molecule has 1 amide bonds. The molecule has 92 valence electrons. The zero-order chi connectivity index (χ0) is 13.0. The zero-order valence-corrected chi connectivity index (χ0v) is 9.02. The average molecular weight is 250 g/mol. The number of amides is 1. The van der Waals surface area contributed by atoms with Crippen molar-refractivity contribution in [2.75, 3.05) is 5.43 Å². The molecule has 18 heavy (non-hydrogen) atoms. The van der Waals surface area contributed by atoms with Crippen LogP contribution < -0.4 is 10.9 Å². The van der Waals surface area contributed by atoms with E-state index in [1.165, 1.54) is 24.7 Å². The van der Waals surface area contributed by atoms with Crippen LogP contribution in [0.4, 0.5) is 14.5 Å². The monoisotopic (exact) mass is 250 g/mol. The molecule has 0 radical (unpaired) electrons. The maximum Gasteiger partial charge on any atom is 0.289 e. The Labute approximate surface area is 101 Å². The van der Waals surface area contributed by atoms with E-state index in [2.05, 4.69) is 20.8 Å². The third-order valence-electron chi connectivity index (χ3n) is 2.04. The van der Waals surface area contributed by atoms with Crippen molar-refractivity contribution in [3.05, 3.63) is 54.1 Å². The van der Waals surface area contributed by atoms with Crippen molar-refractivity contribution < 1.29 is 13.6 Å². The molecule has 0 fully saturated rings. The number of hydrogen-bond donors (Lipinski definition) is 2. The van der Waals surface area contributed by atoms with Gasteiger partial charge in [-0.3, -0.25) is 20.6 Å². The average Bonchev–Trinajstić information content (AvgIpc) is 2.38. The van der Waals surface area contributed by atoms with E-state index >= 15 is 0 Å². The summed E-state index contributed by atoms with van der Waals surface area (Å²) in [4.78, 5) is 19.0. The molecule has 0 unspecified atom stereocenters. The summed E-state index contributed by atoms with van der Waals surface area (Å²) in [7, 11) is 0. The second kappa shape index (κ2) is 5.17. The van der Waals surface area contributed by atoms with E-state index < -0.39 is 17.5 Å². The second-order valence-electron chi connectivity index (χ2n) is 3.29. The molecule has 0 aliphatic rings. The fourth-order valence-corrected chi connectivity index (χ4v) is 1.20. The van der Waals surface area contributed by atoms with Gasteiger partial charge in [0.2, 0.25) is 0 Å². The van der Waals surface area contributed by atoms with Crippen molar-refractivity contribution in [2.45, 2.75) is 0 Å². The highest BCUT2D eigenvalue weighted by Gasteiger charge is 2.08. The van der Waals surface area contributed by atoms with Gasteiger partial charge in [-0.2, -0.15) is 0 Å². The van der Waals surface area contributed by atoms with E-state index in [-0.39, 0.29) is 11.4 Å². The molecule has 0 saturated carbocycles. The molecule has 1 heterocycles. The fraction of sp³-hybridized carbons (Fsp3) is 0. The van der Waals surface area contributed by atoms with Gasteiger partial charge in [0.05, 0.1) is 11.9 Å². The predicted octanol–water partition coefficient (Wildman–Crippen LogP) is 1.51. The van der Waals surface area contributed by atoms with Crippen molar-refractivity contribution in [1.29, 1.82) is 0 Å². The van der Waals surface area contributed by atoms with Gasteiger partial charge in [0.15, 0.2) is 5.82 Å². The Balaban J connectivity index is 2.02. The molecule has 1 aromatic carbocycles. The van der Waals surface area contributed by atoms with Crippen LogP contribution in [0.2, 0.25) is 0 Å². The summed E-state index contributed by atoms with van der Waals surface area (Å²) in [5.74, 6) is -2.08. The third-order valence-corrected chi connectivity index (χ3v) is 2.04. The van der Waals surface area contributed by atoms with Gasteiger partial charge in [-0.1, -0.05) is 0 Å². The lowest BCUT2D eigenvalue weighted by Crippen LogP contribution is -2.30. The number of hydrogen-bond acceptors (Lipinski definition) is 4. The molecule has 5 nitrogen and oxygen atoms in total. The van der Waals surface area contributed by atoms with Crippen molar-refractivity contribution in [3.63, 3.8) is 0 Å². The van der Waals surface area contributed by atoms with E-state index in [1.54, 1.807) is 0 Å². The summed E-state index contributed by atoms with van der Waals surface area (Å²) in [6, 6.07) is 2.94. The van der Waals surface area contributed by atoms with Crippen molar-refractivity contribution in [3.8, 4) is 0 Å². The lowest BCUT2D eigenvalue weighted by Gasteiger charge is -2.08. The van der Waals surface area contributed by atoms with Crippen LogP contribution in [0.3, 0.4) is 0 Å². The van der Waals surface area contributed by atoms with E-state index in [4.69, 9.17) is 0 Å². The highest BCUT2D eigenvalue weighted by molar-refractivity contribution is 5.92. The van der Waals surface area contributed by atoms with Crippen LogP contribution >= 0.6 is 0 Å². The van der Waals surface area contributed by atoms with Crippen molar-refractivity contribution in [2.24, 2.45) is 0 Å². The number of carbonyl (C=O) groups is 1. The zero-order valence-electron chi connectivity index (χ0n) is 9.02. The van der Waals surface area contributed by atoms with Crippen LogP contribution in [0, 0.1) is 11.6 Å². The first-order chi connectivity index (χ1) is 8.66. The highest BCUT2D eigenvalue weighted by Crippen LogP contribution is 2.13. The molecular formula is C11H8F2N4O. The number of halogens is 2. The van der Waals surface area contributed by atoms with E-state index in [9.17, 15) is 13.6 Å². The lowest BCUT2D eigenvalue weighted by atomic mass is 10.3. The number of nitrogens with zero attached hydrogens (tertiary/aromatic N) is 2. The standard InChI is InChI=1S/C11H8F2N4O/c12-7-1-2-9(8(13)5-7)16-17-11(18)10-6-14-3-4-15-10/h1-6,16H,(H,17,18). The molecule has 2 aromatic rings. The minimum Gasteiger partial charge on any atom is -0.295 e. The van der Waals surface area contributed by atoms with E-state index in [0.717, 1.165) is 6.07 Å². The molecule has 0 atom stereocenters. The summed E-state index contributed by atoms with van der Waals surface area (Å²) in [6.45, 7) is 0. The molecule has 0 saturated heterocycles.